The highest BCUT2D eigenvalue weighted by atomic mass is 79.9. The van der Waals surface area contributed by atoms with Crippen molar-refractivity contribution >= 4 is 38.8 Å². The Morgan fingerprint density at radius 1 is 1.43 bits per heavy atom. The van der Waals surface area contributed by atoms with Gasteiger partial charge in [-0.05, 0) is 30.2 Å². The maximum absolute atomic E-state index is 12.0. The summed E-state index contributed by atoms with van der Waals surface area (Å²) in [5, 5.41) is 12.8. The first kappa shape index (κ1) is 17.3. The fourth-order valence-corrected chi connectivity index (χ4v) is 2.73. The summed E-state index contributed by atoms with van der Waals surface area (Å²) >= 11 is 3.46. The molecule has 0 saturated carbocycles. The number of hydrogen-bond acceptors (Lipinski definition) is 2. The molecule has 0 spiro atoms. The molecule has 1 heterocycles. The first-order valence-electron chi connectivity index (χ1n) is 7.35. The predicted molar refractivity (Wildman–Crippen MR) is 92.5 cm³/mol. The van der Waals surface area contributed by atoms with Crippen LogP contribution in [0, 0.1) is 5.92 Å². The van der Waals surface area contributed by atoms with E-state index in [-0.39, 0.29) is 12.6 Å². The molecular weight excluding hydrogens is 362 g/mol. The Balaban J connectivity index is 1.87. The van der Waals surface area contributed by atoms with Crippen molar-refractivity contribution in [2.45, 2.75) is 13.3 Å². The van der Waals surface area contributed by atoms with Crippen LogP contribution in [0.3, 0.4) is 0 Å². The van der Waals surface area contributed by atoms with Crippen molar-refractivity contribution in [3.8, 4) is 0 Å². The number of benzene rings is 1. The molecule has 0 bridgehead atoms. The topological polar surface area (TPSA) is 85.4 Å². The molecule has 6 nitrogen and oxygen atoms in total. The summed E-state index contributed by atoms with van der Waals surface area (Å²) in [6.07, 6.45) is 2.64. The summed E-state index contributed by atoms with van der Waals surface area (Å²) in [5.41, 5.74) is 2.19. The third kappa shape index (κ3) is 4.48. The molecule has 1 aromatic heterocycles. The van der Waals surface area contributed by atoms with Crippen molar-refractivity contribution in [1.29, 1.82) is 0 Å². The first-order chi connectivity index (χ1) is 10.9. The van der Waals surface area contributed by atoms with Gasteiger partial charge in [0, 0.05) is 41.7 Å². The minimum atomic E-state index is -0.908. The lowest BCUT2D eigenvalue weighted by molar-refractivity contribution is -0.141. The lowest BCUT2D eigenvalue weighted by Gasteiger charge is -2.19. The van der Waals surface area contributed by atoms with Gasteiger partial charge in [-0.15, -0.1) is 0 Å². The first-order valence-corrected chi connectivity index (χ1v) is 8.15. The highest BCUT2D eigenvalue weighted by Crippen LogP contribution is 2.22. The summed E-state index contributed by atoms with van der Waals surface area (Å²) in [6, 6.07) is 5.76. The molecule has 23 heavy (non-hydrogen) atoms. The largest absolute Gasteiger partial charge is 0.481 e. The van der Waals surface area contributed by atoms with E-state index in [1.807, 2.05) is 24.4 Å². The van der Waals surface area contributed by atoms with Gasteiger partial charge in [0.05, 0.1) is 5.92 Å². The highest BCUT2D eigenvalue weighted by Gasteiger charge is 2.17. The molecule has 7 heteroatoms. The van der Waals surface area contributed by atoms with Gasteiger partial charge in [0.2, 0.25) is 0 Å². The minimum absolute atomic E-state index is 0.182. The van der Waals surface area contributed by atoms with Gasteiger partial charge < -0.3 is 20.3 Å². The van der Waals surface area contributed by atoms with E-state index in [1.54, 1.807) is 14.0 Å². The van der Waals surface area contributed by atoms with Crippen molar-refractivity contribution in [3.05, 3.63) is 34.4 Å². The van der Waals surface area contributed by atoms with Gasteiger partial charge in [-0.2, -0.15) is 0 Å². The van der Waals surface area contributed by atoms with E-state index in [1.165, 1.54) is 4.90 Å². The summed E-state index contributed by atoms with van der Waals surface area (Å²) < 4.78 is 1.01. The quantitative estimate of drug-likeness (QED) is 0.718. The number of rotatable bonds is 6. The Labute approximate surface area is 143 Å². The molecule has 2 amide bonds. The average molecular weight is 382 g/mol. The molecule has 2 rings (SSSR count). The SMILES string of the molecule is CC(CN(C)C(=O)NCCc1c[nH]c2ccc(Br)cc12)C(=O)O. The number of halogens is 1. The fraction of sp³-hybridized carbons (Fsp3) is 0.375. The Bertz CT molecular complexity index is 714. The van der Waals surface area contributed by atoms with Crippen LogP contribution >= 0.6 is 15.9 Å². The standard InChI is InChI=1S/C16H20BrN3O3/c1-10(15(21)22)9-20(2)16(23)18-6-5-11-8-19-14-4-3-12(17)7-13(11)14/h3-4,7-8,10,19H,5-6,9H2,1-2H3,(H,18,23)(H,21,22). The lowest BCUT2D eigenvalue weighted by atomic mass is 10.1. The number of carbonyl (C=O) groups is 2. The molecule has 0 aliphatic heterocycles. The maximum Gasteiger partial charge on any atom is 0.317 e. The van der Waals surface area contributed by atoms with E-state index >= 15 is 0 Å². The second-order valence-corrected chi connectivity index (χ2v) is 6.52. The van der Waals surface area contributed by atoms with Crippen LogP contribution in [0.4, 0.5) is 4.79 Å². The van der Waals surface area contributed by atoms with Crippen molar-refractivity contribution in [3.63, 3.8) is 0 Å². The number of hydrogen-bond donors (Lipinski definition) is 3. The second-order valence-electron chi connectivity index (χ2n) is 5.61. The highest BCUT2D eigenvalue weighted by molar-refractivity contribution is 9.10. The van der Waals surface area contributed by atoms with Gasteiger partial charge in [0.25, 0.3) is 0 Å². The Kier molecular flexibility index (Phi) is 5.65. The number of carbonyl (C=O) groups excluding carboxylic acids is 1. The number of urea groups is 1. The maximum atomic E-state index is 12.0. The van der Waals surface area contributed by atoms with E-state index < -0.39 is 11.9 Å². The zero-order chi connectivity index (χ0) is 17.0. The molecule has 2 aromatic rings. The van der Waals surface area contributed by atoms with E-state index in [4.69, 9.17) is 5.11 Å². The van der Waals surface area contributed by atoms with Crippen LogP contribution in [0.25, 0.3) is 10.9 Å². The lowest BCUT2D eigenvalue weighted by Crippen LogP contribution is -2.41. The number of nitrogens with one attached hydrogen (secondary N) is 2. The van der Waals surface area contributed by atoms with Crippen LogP contribution in [0.5, 0.6) is 0 Å². The molecule has 1 unspecified atom stereocenters. The number of H-pyrrole nitrogens is 1. The fourth-order valence-electron chi connectivity index (χ4n) is 2.37. The summed E-state index contributed by atoms with van der Waals surface area (Å²) in [5.74, 6) is -1.49. The minimum Gasteiger partial charge on any atom is -0.481 e. The molecule has 1 atom stereocenters. The molecule has 0 fully saturated rings. The number of carboxylic acids is 1. The number of amides is 2. The van der Waals surface area contributed by atoms with Gasteiger partial charge in [0.15, 0.2) is 0 Å². The zero-order valence-electron chi connectivity index (χ0n) is 13.1. The number of aromatic nitrogens is 1. The number of nitrogens with zero attached hydrogens (tertiary/aromatic N) is 1. The molecule has 1 aromatic carbocycles. The van der Waals surface area contributed by atoms with Gasteiger partial charge in [-0.25, -0.2) is 4.79 Å². The van der Waals surface area contributed by atoms with Crippen LogP contribution in [0.15, 0.2) is 28.9 Å². The van der Waals surface area contributed by atoms with Gasteiger partial charge >= 0.3 is 12.0 Å². The van der Waals surface area contributed by atoms with Crippen LogP contribution in [0.1, 0.15) is 12.5 Å². The molecule has 0 saturated heterocycles. The number of aromatic amines is 1. The third-order valence-electron chi connectivity index (χ3n) is 3.72. The normalized spacial score (nSPS) is 12.1. The summed E-state index contributed by atoms with van der Waals surface area (Å²) in [6.45, 7) is 2.25. The summed E-state index contributed by atoms with van der Waals surface area (Å²) in [7, 11) is 1.59. The van der Waals surface area contributed by atoms with Crippen LogP contribution in [-0.4, -0.2) is 47.1 Å². The Morgan fingerprint density at radius 3 is 2.87 bits per heavy atom. The van der Waals surface area contributed by atoms with Crippen molar-refractivity contribution < 1.29 is 14.7 Å². The molecule has 3 N–H and O–H groups in total. The van der Waals surface area contributed by atoms with Crippen molar-refractivity contribution in [2.75, 3.05) is 20.1 Å². The monoisotopic (exact) mass is 381 g/mol. The zero-order valence-corrected chi connectivity index (χ0v) is 14.7. The van der Waals surface area contributed by atoms with E-state index in [9.17, 15) is 9.59 Å². The van der Waals surface area contributed by atoms with E-state index in [2.05, 4.69) is 26.2 Å². The van der Waals surface area contributed by atoms with E-state index in [0.29, 0.717) is 13.0 Å². The molecular formula is C16H20BrN3O3. The molecule has 0 aliphatic rings. The van der Waals surface area contributed by atoms with Crippen LogP contribution in [-0.2, 0) is 11.2 Å². The Hall–Kier alpha value is -2.02. The summed E-state index contributed by atoms with van der Waals surface area (Å²) in [4.78, 5) is 27.4. The van der Waals surface area contributed by atoms with E-state index in [0.717, 1.165) is 20.9 Å². The van der Waals surface area contributed by atoms with Gasteiger partial charge in [-0.1, -0.05) is 22.9 Å². The van der Waals surface area contributed by atoms with Crippen molar-refractivity contribution in [2.24, 2.45) is 5.92 Å². The molecule has 124 valence electrons. The van der Waals surface area contributed by atoms with Gasteiger partial charge in [-0.3, -0.25) is 4.79 Å². The second kappa shape index (κ2) is 7.50. The predicted octanol–water partition coefficient (Wildman–Crippen LogP) is 2.83. The van der Waals surface area contributed by atoms with Crippen molar-refractivity contribution in [1.82, 2.24) is 15.2 Å². The van der Waals surface area contributed by atoms with Gasteiger partial charge in [0.1, 0.15) is 0 Å². The molecule has 0 aliphatic carbocycles. The van der Waals surface area contributed by atoms with Crippen LogP contribution in [0.2, 0.25) is 0 Å². The number of carboxylic acid groups (broad SMARTS) is 1. The third-order valence-corrected chi connectivity index (χ3v) is 4.21. The Morgan fingerprint density at radius 2 is 2.17 bits per heavy atom. The smallest absolute Gasteiger partial charge is 0.317 e. The number of fused-ring (bicyclic) bond motifs is 1. The van der Waals surface area contributed by atoms with Crippen LogP contribution < -0.4 is 5.32 Å². The average Bonchev–Trinajstić information content (AvgIpc) is 2.89. The number of aliphatic carboxylic acids is 1. The molecule has 0 radical (unpaired) electrons.